The van der Waals surface area contributed by atoms with Gasteiger partial charge >= 0.3 is 5.97 Å². The number of aromatic carboxylic acids is 1. The molecule has 3 rings (SSSR count). The van der Waals surface area contributed by atoms with Crippen LogP contribution in [0.25, 0.3) is 0 Å². The first-order valence-electron chi connectivity index (χ1n) is 8.80. The Morgan fingerprint density at radius 3 is 2.42 bits per heavy atom. The lowest BCUT2D eigenvalue weighted by Gasteiger charge is -2.32. The lowest BCUT2D eigenvalue weighted by molar-refractivity contribution is 0.0594. The predicted octanol–water partition coefficient (Wildman–Crippen LogP) is 3.69. The molecule has 0 saturated carbocycles. The molecule has 0 bridgehead atoms. The first-order valence-corrected chi connectivity index (χ1v) is 8.80. The van der Waals surface area contributed by atoms with E-state index in [4.69, 9.17) is 9.84 Å². The van der Waals surface area contributed by atoms with E-state index in [-0.39, 0.29) is 17.6 Å². The Balaban J connectivity index is 1.61. The number of amides is 1. The summed E-state index contributed by atoms with van der Waals surface area (Å²) in [6.45, 7) is 5.28. The van der Waals surface area contributed by atoms with Crippen LogP contribution < -0.4 is 4.74 Å². The SMILES string of the molecule is Cc1ccc(C)c(OC2CCN(C(=O)c3cccc(C(=O)O)c3)CC2)c1. The maximum Gasteiger partial charge on any atom is 0.335 e. The van der Waals surface area contributed by atoms with Crippen LogP contribution in [-0.2, 0) is 0 Å². The number of hydrogen-bond donors (Lipinski definition) is 1. The molecule has 0 atom stereocenters. The molecule has 0 spiro atoms. The maximum absolute atomic E-state index is 12.6. The zero-order valence-electron chi connectivity index (χ0n) is 15.1. The topological polar surface area (TPSA) is 66.8 Å². The van der Waals surface area contributed by atoms with Gasteiger partial charge in [0.25, 0.3) is 5.91 Å². The first-order chi connectivity index (χ1) is 12.4. The summed E-state index contributed by atoms with van der Waals surface area (Å²) in [5, 5.41) is 9.08. The van der Waals surface area contributed by atoms with Crippen LogP contribution in [0.1, 0.15) is 44.7 Å². The van der Waals surface area contributed by atoms with Crippen LogP contribution >= 0.6 is 0 Å². The molecule has 0 aliphatic carbocycles. The van der Waals surface area contributed by atoms with Crippen molar-refractivity contribution in [2.75, 3.05) is 13.1 Å². The highest BCUT2D eigenvalue weighted by Gasteiger charge is 2.25. The monoisotopic (exact) mass is 353 g/mol. The molecule has 1 N–H and O–H groups in total. The largest absolute Gasteiger partial charge is 0.490 e. The van der Waals surface area contributed by atoms with E-state index < -0.39 is 5.97 Å². The molecule has 0 radical (unpaired) electrons. The Hall–Kier alpha value is -2.82. The van der Waals surface area contributed by atoms with E-state index in [1.165, 1.54) is 12.1 Å². The highest BCUT2D eigenvalue weighted by molar-refractivity contribution is 5.97. The standard InChI is InChI=1S/C21H23NO4/c1-14-6-7-15(2)19(12-14)26-18-8-10-22(11-9-18)20(23)16-4-3-5-17(13-16)21(24)25/h3-7,12-13,18H,8-11H2,1-2H3,(H,24,25). The second-order valence-electron chi connectivity index (χ2n) is 6.76. The lowest BCUT2D eigenvalue weighted by Crippen LogP contribution is -2.41. The van der Waals surface area contributed by atoms with E-state index in [1.54, 1.807) is 17.0 Å². The fourth-order valence-corrected chi connectivity index (χ4v) is 3.16. The van der Waals surface area contributed by atoms with Crippen LogP contribution in [0.4, 0.5) is 0 Å². The van der Waals surface area contributed by atoms with E-state index >= 15 is 0 Å². The quantitative estimate of drug-likeness (QED) is 0.910. The molecule has 0 unspecified atom stereocenters. The highest BCUT2D eigenvalue weighted by Crippen LogP contribution is 2.24. The summed E-state index contributed by atoms with van der Waals surface area (Å²) in [5.74, 6) is -0.248. The van der Waals surface area contributed by atoms with Gasteiger partial charge in [-0.2, -0.15) is 0 Å². The number of ether oxygens (including phenoxy) is 1. The number of aryl methyl sites for hydroxylation is 2. The molecule has 1 aliphatic rings. The normalized spacial score (nSPS) is 14.9. The number of nitrogens with zero attached hydrogens (tertiary/aromatic N) is 1. The summed E-state index contributed by atoms with van der Waals surface area (Å²) in [6, 6.07) is 12.4. The summed E-state index contributed by atoms with van der Waals surface area (Å²) >= 11 is 0. The summed E-state index contributed by atoms with van der Waals surface area (Å²) < 4.78 is 6.14. The molecule has 136 valence electrons. The van der Waals surface area contributed by atoms with Gasteiger partial charge in [-0.1, -0.05) is 18.2 Å². The minimum Gasteiger partial charge on any atom is -0.490 e. The number of carbonyl (C=O) groups is 2. The summed E-state index contributed by atoms with van der Waals surface area (Å²) in [4.78, 5) is 25.5. The molecule has 2 aromatic rings. The summed E-state index contributed by atoms with van der Waals surface area (Å²) in [5.41, 5.74) is 2.82. The second-order valence-corrected chi connectivity index (χ2v) is 6.76. The Bertz CT molecular complexity index is 823. The van der Waals surface area contributed by atoms with E-state index in [1.807, 2.05) is 19.9 Å². The molecule has 5 heteroatoms. The number of rotatable bonds is 4. The Labute approximate surface area is 153 Å². The minimum atomic E-state index is -1.03. The molecule has 0 aromatic heterocycles. The molecule has 1 aliphatic heterocycles. The van der Waals surface area contributed by atoms with Crippen LogP contribution in [0, 0.1) is 13.8 Å². The van der Waals surface area contributed by atoms with E-state index in [0.717, 1.165) is 29.7 Å². The van der Waals surface area contributed by atoms with Gasteiger partial charge in [0, 0.05) is 31.5 Å². The predicted molar refractivity (Wildman–Crippen MR) is 98.9 cm³/mol. The third-order valence-corrected chi connectivity index (χ3v) is 4.72. The highest BCUT2D eigenvalue weighted by atomic mass is 16.5. The van der Waals surface area contributed by atoms with Crippen LogP contribution in [0.3, 0.4) is 0 Å². The van der Waals surface area contributed by atoms with Crippen molar-refractivity contribution < 1.29 is 19.4 Å². The van der Waals surface area contributed by atoms with Gasteiger partial charge in [0.15, 0.2) is 0 Å². The van der Waals surface area contributed by atoms with Crippen molar-refractivity contribution in [1.82, 2.24) is 4.90 Å². The van der Waals surface area contributed by atoms with Gasteiger partial charge in [0.1, 0.15) is 11.9 Å². The fourth-order valence-electron chi connectivity index (χ4n) is 3.16. The van der Waals surface area contributed by atoms with Crippen molar-refractivity contribution in [3.05, 3.63) is 64.7 Å². The van der Waals surface area contributed by atoms with Crippen molar-refractivity contribution in [1.29, 1.82) is 0 Å². The fraction of sp³-hybridized carbons (Fsp3) is 0.333. The molecular weight excluding hydrogens is 330 g/mol. The lowest BCUT2D eigenvalue weighted by atomic mass is 10.0. The third kappa shape index (κ3) is 4.04. The zero-order valence-corrected chi connectivity index (χ0v) is 15.1. The van der Waals surface area contributed by atoms with Gasteiger partial charge in [-0.25, -0.2) is 4.79 Å². The average Bonchev–Trinajstić information content (AvgIpc) is 2.65. The Kier molecular flexibility index (Phi) is 5.26. The van der Waals surface area contributed by atoms with Crippen LogP contribution in [-0.4, -0.2) is 41.1 Å². The van der Waals surface area contributed by atoms with Crippen LogP contribution in [0.15, 0.2) is 42.5 Å². The molecule has 1 heterocycles. The van der Waals surface area contributed by atoms with Gasteiger partial charge in [-0.3, -0.25) is 4.79 Å². The van der Waals surface area contributed by atoms with Gasteiger partial charge in [-0.15, -0.1) is 0 Å². The Morgan fingerprint density at radius 1 is 1.04 bits per heavy atom. The number of carbonyl (C=O) groups excluding carboxylic acids is 1. The molecule has 26 heavy (non-hydrogen) atoms. The van der Waals surface area contributed by atoms with Crippen LogP contribution in [0.2, 0.25) is 0 Å². The Morgan fingerprint density at radius 2 is 1.73 bits per heavy atom. The number of hydrogen-bond acceptors (Lipinski definition) is 3. The number of benzene rings is 2. The molecule has 1 fully saturated rings. The van der Waals surface area contributed by atoms with E-state index in [9.17, 15) is 9.59 Å². The van der Waals surface area contributed by atoms with E-state index in [2.05, 4.69) is 12.1 Å². The number of carboxylic acid groups (broad SMARTS) is 1. The third-order valence-electron chi connectivity index (χ3n) is 4.72. The van der Waals surface area contributed by atoms with Crippen LogP contribution in [0.5, 0.6) is 5.75 Å². The molecule has 1 amide bonds. The van der Waals surface area contributed by atoms with Crippen molar-refractivity contribution in [3.63, 3.8) is 0 Å². The summed E-state index contributed by atoms with van der Waals surface area (Å²) in [6.07, 6.45) is 1.61. The maximum atomic E-state index is 12.6. The smallest absolute Gasteiger partial charge is 0.335 e. The summed E-state index contributed by atoms with van der Waals surface area (Å²) in [7, 11) is 0. The van der Waals surface area contributed by atoms with Crippen molar-refractivity contribution in [2.45, 2.75) is 32.8 Å². The molecule has 5 nitrogen and oxygen atoms in total. The molecular formula is C21H23NO4. The number of piperidine rings is 1. The second kappa shape index (κ2) is 7.60. The average molecular weight is 353 g/mol. The number of carboxylic acids is 1. The van der Waals surface area contributed by atoms with Gasteiger partial charge in [0.05, 0.1) is 5.56 Å². The van der Waals surface area contributed by atoms with E-state index in [0.29, 0.717) is 18.7 Å². The minimum absolute atomic E-state index is 0.0879. The van der Waals surface area contributed by atoms with Crippen molar-refractivity contribution in [3.8, 4) is 5.75 Å². The number of likely N-dealkylation sites (tertiary alicyclic amines) is 1. The van der Waals surface area contributed by atoms with Gasteiger partial charge in [-0.05, 0) is 49.2 Å². The zero-order chi connectivity index (χ0) is 18.7. The first kappa shape index (κ1) is 18.0. The molecule has 2 aromatic carbocycles. The molecule has 1 saturated heterocycles. The van der Waals surface area contributed by atoms with Crippen molar-refractivity contribution >= 4 is 11.9 Å². The van der Waals surface area contributed by atoms with Crippen molar-refractivity contribution in [2.24, 2.45) is 0 Å². The van der Waals surface area contributed by atoms with Gasteiger partial charge in [0.2, 0.25) is 0 Å². The van der Waals surface area contributed by atoms with Gasteiger partial charge < -0.3 is 14.7 Å².